The zero-order valence-corrected chi connectivity index (χ0v) is 16.5. The van der Waals surface area contributed by atoms with E-state index in [0.29, 0.717) is 22.9 Å². The second kappa shape index (κ2) is 6.33. The molecular weight excluding hydrogens is 356 g/mol. The van der Waals surface area contributed by atoms with Crippen LogP contribution in [-0.2, 0) is 17.4 Å². The van der Waals surface area contributed by atoms with Gasteiger partial charge in [-0.15, -0.1) is 0 Å². The fourth-order valence-electron chi connectivity index (χ4n) is 3.43. The van der Waals surface area contributed by atoms with E-state index in [9.17, 15) is 4.79 Å². The molecule has 8 heteroatoms. The highest BCUT2D eigenvalue weighted by molar-refractivity contribution is 6.03. The highest BCUT2D eigenvalue weighted by atomic mass is 16.4. The van der Waals surface area contributed by atoms with Gasteiger partial charge in [0.05, 0.1) is 11.9 Å². The van der Waals surface area contributed by atoms with Gasteiger partial charge in [-0.25, -0.2) is 9.97 Å². The van der Waals surface area contributed by atoms with Crippen LogP contribution in [0.15, 0.2) is 35.0 Å². The Morgan fingerprint density at radius 2 is 2.00 bits per heavy atom. The minimum atomic E-state index is -0.513. The van der Waals surface area contributed by atoms with Crippen LogP contribution in [0.4, 0.5) is 5.82 Å². The molecule has 4 rings (SSSR count). The van der Waals surface area contributed by atoms with Crippen molar-refractivity contribution in [3.05, 3.63) is 36.2 Å². The minimum Gasteiger partial charge on any atom is -0.418 e. The van der Waals surface area contributed by atoms with E-state index in [-0.39, 0.29) is 5.91 Å². The second-order valence-corrected chi connectivity index (χ2v) is 7.32. The van der Waals surface area contributed by atoms with E-state index < -0.39 is 5.54 Å². The second-order valence-electron chi connectivity index (χ2n) is 7.32. The Bertz CT molecular complexity index is 1200. The number of fused-ring (bicyclic) bond motifs is 3. The number of hydrogen-bond donors (Lipinski definition) is 2. The number of rotatable bonds is 4. The van der Waals surface area contributed by atoms with E-state index in [1.807, 2.05) is 49.7 Å². The van der Waals surface area contributed by atoms with Crippen LogP contribution in [0.25, 0.3) is 33.7 Å². The molecule has 0 fully saturated rings. The van der Waals surface area contributed by atoms with Gasteiger partial charge in [0, 0.05) is 26.6 Å². The first-order chi connectivity index (χ1) is 13.3. The average Bonchev–Trinajstić information content (AvgIpc) is 3.23. The number of nitrogens with one attached hydrogen (secondary N) is 2. The summed E-state index contributed by atoms with van der Waals surface area (Å²) in [7, 11) is 3.71. The molecule has 3 aromatic heterocycles. The van der Waals surface area contributed by atoms with E-state index >= 15 is 0 Å². The van der Waals surface area contributed by atoms with Crippen molar-refractivity contribution in [3.8, 4) is 11.5 Å². The normalized spacial score (nSPS) is 11.9. The molecule has 4 aromatic rings. The average molecular weight is 378 g/mol. The minimum absolute atomic E-state index is 0.0836. The monoisotopic (exact) mass is 378 g/mol. The van der Waals surface area contributed by atoms with E-state index in [2.05, 4.69) is 20.6 Å². The lowest BCUT2D eigenvalue weighted by Gasteiger charge is -2.26. The van der Waals surface area contributed by atoms with Gasteiger partial charge in [0.1, 0.15) is 11.0 Å². The zero-order valence-electron chi connectivity index (χ0n) is 16.5. The molecule has 0 aliphatic rings. The predicted octanol–water partition coefficient (Wildman–Crippen LogP) is 3.19. The Morgan fingerprint density at radius 1 is 1.21 bits per heavy atom. The third-order valence-corrected chi connectivity index (χ3v) is 4.76. The molecule has 0 saturated heterocycles. The van der Waals surface area contributed by atoms with Gasteiger partial charge in [-0.1, -0.05) is 12.1 Å². The number of aryl methyl sites for hydroxylation is 1. The van der Waals surface area contributed by atoms with Gasteiger partial charge in [-0.2, -0.15) is 4.98 Å². The molecule has 2 N–H and O–H groups in total. The predicted molar refractivity (Wildman–Crippen MR) is 108 cm³/mol. The Kier molecular flexibility index (Phi) is 4.06. The van der Waals surface area contributed by atoms with E-state index in [0.717, 1.165) is 22.2 Å². The van der Waals surface area contributed by atoms with Crippen molar-refractivity contribution in [1.82, 2.24) is 24.8 Å². The standard InChI is InChI=1S/C20H22N6O2/c1-11(27)25-20(2,3)13-8-6-7-12(9-13)18-23-15-16-14(22-10-26(16)5)17(21-4)24-19(15)28-18/h6-10H,1-5H3,(H,21,24)(H,25,27). The lowest BCUT2D eigenvalue weighted by atomic mass is 9.92. The molecule has 0 aliphatic carbocycles. The summed E-state index contributed by atoms with van der Waals surface area (Å²) >= 11 is 0. The topological polar surface area (TPSA) is 97.9 Å². The lowest BCUT2D eigenvalue weighted by molar-refractivity contribution is -0.120. The van der Waals surface area contributed by atoms with Gasteiger partial charge in [0.25, 0.3) is 5.71 Å². The van der Waals surface area contributed by atoms with E-state index in [4.69, 9.17) is 9.40 Å². The smallest absolute Gasteiger partial charge is 0.251 e. The van der Waals surface area contributed by atoms with Crippen molar-refractivity contribution >= 4 is 34.0 Å². The van der Waals surface area contributed by atoms with Gasteiger partial charge in [0.15, 0.2) is 11.3 Å². The molecule has 0 aliphatic heterocycles. The van der Waals surface area contributed by atoms with Crippen LogP contribution in [-0.4, -0.2) is 32.5 Å². The number of nitrogens with zero attached hydrogens (tertiary/aromatic N) is 4. The largest absolute Gasteiger partial charge is 0.418 e. The van der Waals surface area contributed by atoms with Gasteiger partial charge in [0.2, 0.25) is 11.8 Å². The summed E-state index contributed by atoms with van der Waals surface area (Å²) in [6.45, 7) is 5.43. The summed E-state index contributed by atoms with van der Waals surface area (Å²) in [5.41, 5.74) is 3.97. The van der Waals surface area contributed by atoms with Crippen LogP contribution in [0, 0.1) is 0 Å². The van der Waals surface area contributed by atoms with E-state index in [1.54, 1.807) is 13.4 Å². The number of amides is 1. The summed E-state index contributed by atoms with van der Waals surface area (Å²) < 4.78 is 7.89. The molecule has 0 atom stereocenters. The Balaban J connectivity index is 1.86. The fraction of sp³-hybridized carbons (Fsp3) is 0.300. The van der Waals surface area contributed by atoms with Gasteiger partial charge in [-0.3, -0.25) is 4.79 Å². The summed E-state index contributed by atoms with van der Waals surface area (Å²) in [5, 5.41) is 6.02. The lowest BCUT2D eigenvalue weighted by Crippen LogP contribution is -2.39. The van der Waals surface area contributed by atoms with Gasteiger partial charge < -0.3 is 19.6 Å². The summed E-state index contributed by atoms with van der Waals surface area (Å²) in [5.74, 6) is 1.03. The SMILES string of the molecule is CNc1nc2oc(-c3cccc(C(C)(C)NC(C)=O)c3)nc2c2c1ncn2C. The first-order valence-electron chi connectivity index (χ1n) is 8.99. The molecule has 0 bridgehead atoms. The van der Waals surface area contributed by atoms with Crippen LogP contribution >= 0.6 is 0 Å². The summed E-state index contributed by atoms with van der Waals surface area (Å²) in [6, 6.07) is 7.80. The number of anilines is 1. The quantitative estimate of drug-likeness (QED) is 0.566. The third kappa shape index (κ3) is 2.87. The highest BCUT2D eigenvalue weighted by Crippen LogP contribution is 2.32. The molecule has 1 amide bonds. The third-order valence-electron chi connectivity index (χ3n) is 4.76. The Morgan fingerprint density at radius 3 is 2.71 bits per heavy atom. The molecule has 0 radical (unpaired) electrons. The maximum Gasteiger partial charge on any atom is 0.251 e. The maximum atomic E-state index is 11.5. The molecule has 8 nitrogen and oxygen atoms in total. The number of oxazole rings is 1. The van der Waals surface area contributed by atoms with Gasteiger partial charge in [-0.05, 0) is 31.5 Å². The number of aromatic nitrogens is 4. The zero-order chi connectivity index (χ0) is 20.1. The number of hydrogen-bond acceptors (Lipinski definition) is 6. The number of pyridine rings is 1. The van der Waals surface area contributed by atoms with Crippen molar-refractivity contribution in [1.29, 1.82) is 0 Å². The van der Waals surface area contributed by atoms with Crippen LogP contribution in [0.2, 0.25) is 0 Å². The fourth-order valence-corrected chi connectivity index (χ4v) is 3.43. The van der Waals surface area contributed by atoms with Crippen molar-refractivity contribution < 1.29 is 9.21 Å². The first kappa shape index (κ1) is 18.0. The van der Waals surface area contributed by atoms with Crippen LogP contribution in [0.5, 0.6) is 0 Å². The van der Waals surface area contributed by atoms with E-state index in [1.165, 1.54) is 6.92 Å². The number of carbonyl (C=O) groups is 1. The molecule has 0 saturated carbocycles. The van der Waals surface area contributed by atoms with Crippen LogP contribution in [0.1, 0.15) is 26.3 Å². The van der Waals surface area contributed by atoms with Crippen LogP contribution < -0.4 is 10.6 Å². The molecule has 0 spiro atoms. The first-order valence-corrected chi connectivity index (χ1v) is 8.99. The van der Waals surface area contributed by atoms with Crippen molar-refractivity contribution in [2.24, 2.45) is 7.05 Å². The van der Waals surface area contributed by atoms with Crippen molar-refractivity contribution in [2.75, 3.05) is 12.4 Å². The summed E-state index contributed by atoms with van der Waals surface area (Å²) in [4.78, 5) is 25.2. The highest BCUT2D eigenvalue weighted by Gasteiger charge is 2.23. The molecule has 28 heavy (non-hydrogen) atoms. The molecule has 0 unspecified atom stereocenters. The van der Waals surface area contributed by atoms with Crippen LogP contribution in [0.3, 0.4) is 0 Å². The molecule has 3 heterocycles. The molecule has 1 aromatic carbocycles. The number of carbonyl (C=O) groups excluding carboxylic acids is 1. The van der Waals surface area contributed by atoms with Crippen molar-refractivity contribution in [2.45, 2.75) is 26.3 Å². The Labute approximate surface area is 162 Å². The molecule has 144 valence electrons. The number of benzene rings is 1. The summed E-state index contributed by atoms with van der Waals surface area (Å²) in [6.07, 6.45) is 1.73. The van der Waals surface area contributed by atoms with Gasteiger partial charge >= 0.3 is 0 Å². The van der Waals surface area contributed by atoms with Crippen molar-refractivity contribution in [3.63, 3.8) is 0 Å². The molecular formula is C20H22N6O2. The number of imidazole rings is 1. The maximum absolute atomic E-state index is 11.5. The Hall–Kier alpha value is -3.42.